The van der Waals surface area contributed by atoms with Gasteiger partial charge in [0.25, 0.3) is 0 Å². The molecule has 0 bridgehead atoms. The number of hydrogen-bond acceptors (Lipinski definition) is 1. The van der Waals surface area contributed by atoms with E-state index in [1.54, 1.807) is 0 Å². The molecule has 0 aliphatic rings. The van der Waals surface area contributed by atoms with E-state index >= 15 is 0 Å². The van der Waals surface area contributed by atoms with E-state index in [0.717, 1.165) is 0 Å². The van der Waals surface area contributed by atoms with E-state index in [2.05, 4.69) is 27.4 Å². The Kier molecular flexibility index (Phi) is 27.8. The predicted octanol–water partition coefficient (Wildman–Crippen LogP) is 2.36. The fourth-order valence-corrected chi connectivity index (χ4v) is 0. The van der Waals surface area contributed by atoms with Gasteiger partial charge in [0.05, 0.1) is 0 Å². The molecule has 0 aliphatic carbocycles. The first-order valence-electron chi connectivity index (χ1n) is 2.69. The van der Waals surface area contributed by atoms with Crippen LogP contribution in [0.4, 0.5) is 0 Å². The van der Waals surface area contributed by atoms with E-state index < -0.39 is 0 Å². The van der Waals surface area contributed by atoms with Gasteiger partial charge in [0.2, 0.25) is 0 Å². The number of aliphatic hydroxyl groups is 1. The molecule has 1 N–H and O–H groups in total. The number of hydrogen-bond donors (Lipinski definition) is 1. The Morgan fingerprint density at radius 1 is 1.78 bits per heavy atom. The van der Waals surface area contributed by atoms with Crippen LogP contribution in [0.5, 0.6) is 0 Å². The first-order chi connectivity index (χ1) is 3.68. The van der Waals surface area contributed by atoms with Gasteiger partial charge in [0, 0.05) is 0 Å². The fourth-order valence-electron chi connectivity index (χ4n) is 0. The molecule has 0 saturated carbocycles. The zero-order valence-corrected chi connectivity index (χ0v) is 12.7. The summed E-state index contributed by atoms with van der Waals surface area (Å²) in [4.78, 5) is 0. The van der Waals surface area contributed by atoms with Crippen molar-refractivity contribution >= 4 is 0 Å². The molecular formula is C7H14ORf-2. The van der Waals surface area contributed by atoms with Gasteiger partial charge in [-0.2, -0.15) is 5.92 Å². The third-order valence-corrected chi connectivity index (χ3v) is 0.697. The SMILES string of the molecule is [CH-]=CO.[CH2-]C(C)CC.[Rf]. The molecule has 1 atom stereocenters. The second kappa shape index (κ2) is 16.0. The van der Waals surface area contributed by atoms with Crippen LogP contribution in [0.2, 0.25) is 0 Å². The van der Waals surface area contributed by atoms with E-state index in [9.17, 15) is 0 Å². The molecule has 0 rings (SSSR count). The van der Waals surface area contributed by atoms with E-state index in [-0.39, 0.29) is 0 Å². The molecule has 9 heavy (non-hydrogen) atoms. The van der Waals surface area contributed by atoms with Gasteiger partial charge < -0.3 is 18.6 Å². The average molecular weight is 381 g/mol. The number of aliphatic hydroxyl groups excluding tert-OH is 1. The molecule has 0 aromatic heterocycles. The quantitative estimate of drug-likeness (QED) is 0.546. The summed E-state index contributed by atoms with van der Waals surface area (Å²) in [6, 6.07) is 0. The molecule has 0 spiro atoms. The van der Waals surface area contributed by atoms with E-state index in [1.807, 2.05) is 0 Å². The van der Waals surface area contributed by atoms with Crippen LogP contribution in [0.15, 0.2) is 6.26 Å². The maximum atomic E-state index is 7.22. The van der Waals surface area contributed by atoms with Crippen molar-refractivity contribution in [2.24, 2.45) is 5.92 Å². The molecule has 0 heterocycles. The van der Waals surface area contributed by atoms with Gasteiger partial charge in [0.1, 0.15) is 0 Å². The van der Waals surface area contributed by atoms with Gasteiger partial charge in [-0.1, -0.05) is 20.3 Å². The van der Waals surface area contributed by atoms with Gasteiger partial charge in [-0.15, -0.1) is 6.26 Å². The Labute approximate surface area is 52.0 Å². The van der Waals surface area contributed by atoms with Gasteiger partial charge in [0.15, 0.2) is 0 Å². The van der Waals surface area contributed by atoms with Gasteiger partial charge in [-0.05, 0) is 0 Å². The molecule has 52 valence electrons. The topological polar surface area (TPSA) is 20.2 Å². The summed E-state index contributed by atoms with van der Waals surface area (Å²) in [5.41, 5.74) is 0. The summed E-state index contributed by atoms with van der Waals surface area (Å²) in [6.07, 6.45) is 1.69. The first-order valence-corrected chi connectivity index (χ1v) is 2.69. The van der Waals surface area contributed by atoms with Gasteiger partial charge in [-0.3, -0.25) is 0 Å². The van der Waals surface area contributed by atoms with Crippen molar-refractivity contribution in [2.75, 3.05) is 0 Å². The minimum absolute atomic E-state index is 0. The van der Waals surface area contributed by atoms with Crippen molar-refractivity contribution < 1.29 is 5.11 Å². The molecule has 1 unspecified atom stereocenters. The molecule has 2 heteroatoms. The average Bonchev–Trinajstić information content (AvgIpc) is 1.69. The minimum Gasteiger partial charge on any atom is -0.553 e. The summed E-state index contributed by atoms with van der Waals surface area (Å²) in [7, 11) is 0. The minimum atomic E-state index is 0. The Balaban J connectivity index is -0.0000000800. The third-order valence-electron chi connectivity index (χ3n) is 0.697. The Bertz CT molecular complexity index is 44.2. The van der Waals surface area contributed by atoms with Crippen molar-refractivity contribution in [3.8, 4) is 0 Å². The van der Waals surface area contributed by atoms with Crippen molar-refractivity contribution in [3.05, 3.63) is 19.8 Å². The summed E-state index contributed by atoms with van der Waals surface area (Å²) >= 11 is 0. The zero-order chi connectivity index (χ0) is 6.99. The maximum Gasteiger partial charge on any atom is 0 e. The van der Waals surface area contributed by atoms with E-state index in [4.69, 9.17) is 5.11 Å². The molecule has 0 radical (unpaired) electrons. The van der Waals surface area contributed by atoms with Crippen LogP contribution in [-0.4, -0.2) is 5.11 Å². The molecule has 0 fully saturated rings. The monoisotopic (exact) mass is 381 g/mol. The van der Waals surface area contributed by atoms with Crippen molar-refractivity contribution in [2.45, 2.75) is 20.3 Å². The van der Waals surface area contributed by atoms with Crippen LogP contribution in [-0.2, 0) is 0 Å². The second-order valence-corrected chi connectivity index (χ2v) is 1.66. The Morgan fingerprint density at radius 3 is 1.89 bits per heavy atom. The summed E-state index contributed by atoms with van der Waals surface area (Å²) in [5.74, 6) is 0.634. The van der Waals surface area contributed by atoms with Gasteiger partial charge >= 0.3 is 0 Å². The zero-order valence-electron chi connectivity index (χ0n) is 6.30. The maximum absolute atomic E-state index is 7.22. The van der Waals surface area contributed by atoms with Crippen molar-refractivity contribution in [1.82, 2.24) is 0 Å². The van der Waals surface area contributed by atoms with Crippen LogP contribution in [0.1, 0.15) is 20.3 Å². The Hall–Kier alpha value is -1.46. The van der Waals surface area contributed by atoms with Crippen LogP contribution in [0, 0.1) is 19.4 Å². The standard InChI is InChI=1S/C5H11.C2H3O.Rf/c1-4-5(2)3;1-2-3;/h5H,2,4H2,1,3H3;1-3H;/q2*-1;. The van der Waals surface area contributed by atoms with E-state index in [1.165, 1.54) is 6.42 Å². The molecule has 1 nitrogen and oxygen atoms in total. The second-order valence-electron chi connectivity index (χ2n) is 1.66. The molecule has 0 amide bonds. The van der Waals surface area contributed by atoms with Crippen LogP contribution < -0.4 is 0 Å². The molecule has 0 aromatic carbocycles. The number of rotatable bonds is 1. The molecule has 0 aromatic rings. The smallest absolute Gasteiger partial charge is 0 e. The molecule has 0 aliphatic heterocycles. The fraction of sp³-hybridized carbons (Fsp3) is 0.571. The van der Waals surface area contributed by atoms with Crippen molar-refractivity contribution in [3.63, 3.8) is 0 Å². The predicted molar refractivity (Wildman–Crippen MR) is 36.3 cm³/mol. The summed E-state index contributed by atoms with van der Waals surface area (Å²) < 4.78 is 0. The normalized spacial score (nSPS) is 9.67. The summed E-state index contributed by atoms with van der Waals surface area (Å²) in [5, 5.41) is 7.22. The van der Waals surface area contributed by atoms with Crippen LogP contribution in [0.3, 0.4) is 0 Å². The molecular weight excluding hydrogens is 367 g/mol. The molecule has 0 saturated heterocycles. The van der Waals surface area contributed by atoms with E-state index in [0.29, 0.717) is 12.2 Å². The van der Waals surface area contributed by atoms with Crippen molar-refractivity contribution in [1.29, 1.82) is 0 Å². The third kappa shape index (κ3) is 462. The van der Waals surface area contributed by atoms with Crippen LogP contribution in [0.25, 0.3) is 0 Å². The Morgan fingerprint density at radius 2 is 1.89 bits per heavy atom. The van der Waals surface area contributed by atoms with Gasteiger partial charge in [-0.25, -0.2) is 0 Å². The van der Waals surface area contributed by atoms with Crippen LogP contribution >= 0.6 is 0 Å². The first kappa shape index (κ1) is 15.6. The largest absolute Gasteiger partial charge is 0.553 e. The summed E-state index contributed by atoms with van der Waals surface area (Å²) in [6.45, 7) is 12.3.